The number of hydrogen-bond donors (Lipinski definition) is 1. The van der Waals surface area contributed by atoms with Gasteiger partial charge in [-0.3, -0.25) is 9.48 Å². The van der Waals surface area contributed by atoms with Crippen molar-refractivity contribution in [1.82, 2.24) is 15.1 Å². The van der Waals surface area contributed by atoms with Gasteiger partial charge in [-0.15, -0.1) is 0 Å². The Labute approximate surface area is 147 Å². The molecule has 126 valence electrons. The van der Waals surface area contributed by atoms with E-state index in [0.29, 0.717) is 5.56 Å². The first-order valence-corrected chi connectivity index (χ1v) is 8.55. The van der Waals surface area contributed by atoms with E-state index in [0.717, 1.165) is 17.7 Å². The van der Waals surface area contributed by atoms with E-state index in [1.165, 1.54) is 22.3 Å². The lowest BCUT2D eigenvalue weighted by molar-refractivity contribution is 0.0939. The second-order valence-corrected chi connectivity index (χ2v) is 6.71. The summed E-state index contributed by atoms with van der Waals surface area (Å²) in [6.45, 7) is 4.00. The van der Waals surface area contributed by atoms with Crippen molar-refractivity contribution in [2.45, 2.75) is 26.3 Å². The molecule has 1 amide bonds. The number of nitrogens with one attached hydrogen (secondary N) is 1. The van der Waals surface area contributed by atoms with Gasteiger partial charge in [0.05, 0.1) is 12.2 Å². The smallest absolute Gasteiger partial charge is 0.251 e. The Bertz CT molecular complexity index is 971. The van der Waals surface area contributed by atoms with Crippen LogP contribution in [-0.2, 0) is 13.5 Å². The van der Waals surface area contributed by atoms with Crippen LogP contribution in [-0.4, -0.2) is 15.7 Å². The summed E-state index contributed by atoms with van der Waals surface area (Å²) >= 11 is 0. The number of aryl methyl sites for hydroxylation is 1. The van der Waals surface area contributed by atoms with Gasteiger partial charge in [0.25, 0.3) is 5.91 Å². The number of amides is 1. The number of nitrogens with zero attached hydrogens (tertiary/aromatic N) is 2. The van der Waals surface area contributed by atoms with Crippen molar-refractivity contribution in [3.05, 3.63) is 76.6 Å². The molecule has 1 aliphatic carbocycles. The summed E-state index contributed by atoms with van der Waals surface area (Å²) in [5.74, 6) is -0.0468. The van der Waals surface area contributed by atoms with Gasteiger partial charge in [-0.25, -0.2) is 0 Å². The highest BCUT2D eigenvalue weighted by Crippen LogP contribution is 2.36. The Balaban J connectivity index is 1.56. The van der Waals surface area contributed by atoms with E-state index in [2.05, 4.69) is 40.7 Å². The molecule has 0 aliphatic heterocycles. The van der Waals surface area contributed by atoms with Crippen molar-refractivity contribution in [3.8, 4) is 11.1 Å². The van der Waals surface area contributed by atoms with E-state index in [4.69, 9.17) is 0 Å². The molecule has 0 spiro atoms. The van der Waals surface area contributed by atoms with Crippen LogP contribution >= 0.6 is 0 Å². The van der Waals surface area contributed by atoms with Gasteiger partial charge in [0, 0.05) is 23.9 Å². The summed E-state index contributed by atoms with van der Waals surface area (Å²) in [7, 11) is 1.91. The Hall–Kier alpha value is -2.88. The average Bonchev–Trinajstić information content (AvgIpc) is 3.14. The number of fused-ring (bicyclic) bond motifs is 3. The monoisotopic (exact) mass is 331 g/mol. The van der Waals surface area contributed by atoms with Crippen molar-refractivity contribution in [2.24, 2.45) is 7.05 Å². The summed E-state index contributed by atoms with van der Waals surface area (Å²) in [4.78, 5) is 12.7. The van der Waals surface area contributed by atoms with Crippen molar-refractivity contribution < 1.29 is 4.79 Å². The normalized spacial score (nSPS) is 13.2. The van der Waals surface area contributed by atoms with Crippen LogP contribution in [0.2, 0.25) is 0 Å². The fourth-order valence-corrected chi connectivity index (χ4v) is 3.58. The standard InChI is InChI=1S/C21H21N3O/c1-13(20-12-22-24(3)14(20)2)23-21(25)16-8-9-19-17(11-16)10-15-6-4-5-7-18(15)19/h4-9,11-13H,10H2,1-3H3,(H,23,25)/t13-/m1/s1. The van der Waals surface area contributed by atoms with Gasteiger partial charge < -0.3 is 5.32 Å². The number of hydrogen-bond acceptors (Lipinski definition) is 2. The van der Waals surface area contributed by atoms with Gasteiger partial charge in [-0.1, -0.05) is 30.3 Å². The zero-order valence-corrected chi connectivity index (χ0v) is 14.7. The molecule has 0 fully saturated rings. The first-order chi connectivity index (χ1) is 12.0. The van der Waals surface area contributed by atoms with Crippen molar-refractivity contribution in [3.63, 3.8) is 0 Å². The van der Waals surface area contributed by atoms with E-state index in [1.54, 1.807) is 0 Å². The fourth-order valence-electron chi connectivity index (χ4n) is 3.58. The minimum atomic E-state index is -0.0772. The molecule has 0 saturated heterocycles. The topological polar surface area (TPSA) is 46.9 Å². The van der Waals surface area contributed by atoms with E-state index in [-0.39, 0.29) is 11.9 Å². The highest BCUT2D eigenvalue weighted by molar-refractivity contribution is 5.96. The molecule has 4 heteroatoms. The first-order valence-electron chi connectivity index (χ1n) is 8.55. The SMILES string of the molecule is Cc1c([C@@H](C)NC(=O)c2ccc3c(c2)Cc2ccccc2-3)cnn1C. The Morgan fingerprint density at radius 3 is 2.68 bits per heavy atom. The summed E-state index contributed by atoms with van der Waals surface area (Å²) in [5.41, 5.74) is 7.89. The lowest BCUT2D eigenvalue weighted by atomic mass is 10.0. The molecule has 0 saturated carbocycles. The van der Waals surface area contributed by atoms with Gasteiger partial charge in [0.1, 0.15) is 0 Å². The number of benzene rings is 2. The second-order valence-electron chi connectivity index (χ2n) is 6.71. The second kappa shape index (κ2) is 5.88. The lowest BCUT2D eigenvalue weighted by Crippen LogP contribution is -2.27. The maximum absolute atomic E-state index is 12.7. The third-order valence-electron chi connectivity index (χ3n) is 5.14. The number of rotatable bonds is 3. The number of carbonyl (C=O) groups is 1. The first kappa shape index (κ1) is 15.6. The fraction of sp³-hybridized carbons (Fsp3) is 0.238. The van der Waals surface area contributed by atoms with Crippen LogP contribution in [0.15, 0.2) is 48.7 Å². The van der Waals surface area contributed by atoms with Crippen LogP contribution in [0.1, 0.15) is 45.7 Å². The van der Waals surface area contributed by atoms with Crippen LogP contribution in [0.3, 0.4) is 0 Å². The van der Waals surface area contributed by atoms with E-state index >= 15 is 0 Å². The van der Waals surface area contributed by atoms with Crippen LogP contribution in [0, 0.1) is 6.92 Å². The van der Waals surface area contributed by atoms with Crippen molar-refractivity contribution in [2.75, 3.05) is 0 Å². The molecule has 0 radical (unpaired) electrons. The van der Waals surface area contributed by atoms with Gasteiger partial charge in [-0.2, -0.15) is 5.10 Å². The van der Waals surface area contributed by atoms with E-state index < -0.39 is 0 Å². The highest BCUT2D eigenvalue weighted by Gasteiger charge is 2.20. The molecule has 1 heterocycles. The molecule has 1 atom stereocenters. The minimum Gasteiger partial charge on any atom is -0.345 e. The maximum Gasteiger partial charge on any atom is 0.251 e. The Morgan fingerprint density at radius 1 is 1.16 bits per heavy atom. The van der Waals surface area contributed by atoms with Crippen molar-refractivity contribution in [1.29, 1.82) is 0 Å². The molecule has 3 aromatic rings. The number of aromatic nitrogens is 2. The molecule has 0 bridgehead atoms. The third-order valence-corrected chi connectivity index (χ3v) is 5.14. The highest BCUT2D eigenvalue weighted by atomic mass is 16.1. The molecular weight excluding hydrogens is 310 g/mol. The number of carbonyl (C=O) groups excluding carboxylic acids is 1. The molecule has 4 nitrogen and oxygen atoms in total. The molecule has 1 aliphatic rings. The zero-order valence-electron chi connectivity index (χ0n) is 14.7. The zero-order chi connectivity index (χ0) is 17.6. The molecule has 25 heavy (non-hydrogen) atoms. The molecule has 1 aromatic heterocycles. The molecule has 2 aromatic carbocycles. The maximum atomic E-state index is 12.7. The molecule has 4 rings (SSSR count). The van der Waals surface area contributed by atoms with Crippen LogP contribution in [0.5, 0.6) is 0 Å². The van der Waals surface area contributed by atoms with Crippen molar-refractivity contribution >= 4 is 5.91 Å². The molecule has 0 unspecified atom stereocenters. The predicted octanol–water partition coefficient (Wildman–Crippen LogP) is 3.79. The molecular formula is C21H21N3O. The Kier molecular flexibility index (Phi) is 3.68. The lowest BCUT2D eigenvalue weighted by Gasteiger charge is -2.14. The quantitative estimate of drug-likeness (QED) is 0.621. The summed E-state index contributed by atoms with van der Waals surface area (Å²) in [5, 5.41) is 7.34. The van der Waals surface area contributed by atoms with Gasteiger partial charge >= 0.3 is 0 Å². The van der Waals surface area contributed by atoms with E-state index in [9.17, 15) is 4.79 Å². The largest absolute Gasteiger partial charge is 0.345 e. The summed E-state index contributed by atoms with van der Waals surface area (Å²) in [6.07, 6.45) is 2.71. The van der Waals surface area contributed by atoms with E-state index in [1.807, 2.05) is 43.9 Å². The average molecular weight is 331 g/mol. The van der Waals surface area contributed by atoms with Gasteiger partial charge in [-0.05, 0) is 54.7 Å². The minimum absolute atomic E-state index is 0.0468. The Morgan fingerprint density at radius 2 is 1.92 bits per heavy atom. The van der Waals surface area contributed by atoms with Crippen LogP contribution in [0.4, 0.5) is 0 Å². The van der Waals surface area contributed by atoms with Crippen LogP contribution in [0.25, 0.3) is 11.1 Å². The third kappa shape index (κ3) is 2.64. The summed E-state index contributed by atoms with van der Waals surface area (Å²) in [6, 6.07) is 14.4. The molecule has 1 N–H and O–H groups in total. The predicted molar refractivity (Wildman–Crippen MR) is 98.5 cm³/mol. The van der Waals surface area contributed by atoms with Crippen LogP contribution < -0.4 is 5.32 Å². The van der Waals surface area contributed by atoms with Gasteiger partial charge in [0.2, 0.25) is 0 Å². The van der Waals surface area contributed by atoms with Gasteiger partial charge in [0.15, 0.2) is 0 Å². The summed E-state index contributed by atoms with van der Waals surface area (Å²) < 4.78 is 1.82.